The third-order valence-corrected chi connectivity index (χ3v) is 5.84. The van der Waals surface area contributed by atoms with E-state index in [-0.39, 0.29) is 48.7 Å². The van der Waals surface area contributed by atoms with Crippen LogP contribution in [0.25, 0.3) is 10.8 Å². The first-order chi connectivity index (χ1) is 18.3. The van der Waals surface area contributed by atoms with Crippen molar-refractivity contribution < 1.29 is 31.1 Å². The number of hydrogen-bond donors (Lipinski definition) is 2. The SMILES string of the molecule is CC.CC(=O)N1CCC(C(F)(F)F)C1.Cn1nc(NCc2cccc(C(F)F)c2F)c2c[nH]c(=O)cc2c1=O. The maximum Gasteiger partial charge on any atom is 0.393 e. The average molecular weight is 562 g/mol. The molecule has 1 atom stereocenters. The van der Waals surface area contributed by atoms with Gasteiger partial charge < -0.3 is 15.2 Å². The quantitative estimate of drug-likeness (QED) is 0.448. The van der Waals surface area contributed by atoms with Crippen LogP contribution in [0, 0.1) is 11.7 Å². The van der Waals surface area contributed by atoms with Gasteiger partial charge in [0.25, 0.3) is 12.0 Å². The van der Waals surface area contributed by atoms with E-state index in [1.807, 2.05) is 13.8 Å². The number of halogens is 6. The van der Waals surface area contributed by atoms with Gasteiger partial charge in [0.1, 0.15) is 5.82 Å². The summed E-state index contributed by atoms with van der Waals surface area (Å²) in [4.78, 5) is 37.8. The number of hydrogen-bond acceptors (Lipinski definition) is 5. The zero-order valence-electron chi connectivity index (χ0n) is 21.7. The van der Waals surface area contributed by atoms with Crippen molar-refractivity contribution in [2.24, 2.45) is 13.0 Å². The molecule has 2 N–H and O–H groups in total. The van der Waals surface area contributed by atoms with Crippen LogP contribution in [0.4, 0.5) is 32.2 Å². The van der Waals surface area contributed by atoms with Crippen LogP contribution >= 0.6 is 0 Å². The number of alkyl halides is 5. The number of rotatable bonds is 4. The Bertz CT molecular complexity index is 1400. The van der Waals surface area contributed by atoms with E-state index in [0.717, 1.165) is 16.8 Å². The molecular weight excluding hydrogens is 532 g/mol. The lowest BCUT2D eigenvalue weighted by Crippen LogP contribution is -2.30. The maximum atomic E-state index is 14.1. The van der Waals surface area contributed by atoms with Gasteiger partial charge in [-0.2, -0.15) is 18.3 Å². The molecule has 1 aromatic carbocycles. The van der Waals surface area contributed by atoms with Crippen LogP contribution in [0.15, 0.2) is 40.1 Å². The molecule has 1 aliphatic rings. The highest BCUT2D eigenvalue weighted by Gasteiger charge is 2.44. The van der Waals surface area contributed by atoms with Crippen LogP contribution < -0.4 is 16.4 Å². The first-order valence-corrected chi connectivity index (χ1v) is 12.0. The van der Waals surface area contributed by atoms with Crippen molar-refractivity contribution in [3.05, 3.63) is 68.1 Å². The summed E-state index contributed by atoms with van der Waals surface area (Å²) >= 11 is 0. The molecule has 3 aromatic rings. The van der Waals surface area contributed by atoms with Crippen LogP contribution in [-0.4, -0.2) is 44.8 Å². The number of benzene rings is 1. The summed E-state index contributed by atoms with van der Waals surface area (Å²) < 4.78 is 76.8. The van der Waals surface area contributed by atoms with E-state index in [1.54, 1.807) is 0 Å². The zero-order valence-corrected chi connectivity index (χ0v) is 21.7. The second-order valence-electron chi connectivity index (χ2n) is 8.37. The van der Waals surface area contributed by atoms with Gasteiger partial charge in [-0.05, 0) is 6.42 Å². The summed E-state index contributed by atoms with van der Waals surface area (Å²) in [6, 6.07) is 4.88. The van der Waals surface area contributed by atoms with Gasteiger partial charge in [0.05, 0.1) is 16.9 Å². The molecule has 0 bridgehead atoms. The minimum atomic E-state index is -4.15. The first kappa shape index (κ1) is 31.4. The molecule has 1 fully saturated rings. The Morgan fingerprint density at radius 3 is 2.41 bits per heavy atom. The number of carbonyl (C=O) groups is 1. The van der Waals surface area contributed by atoms with Gasteiger partial charge in [0.15, 0.2) is 5.82 Å². The summed E-state index contributed by atoms with van der Waals surface area (Å²) in [6.07, 6.45) is -5.70. The van der Waals surface area contributed by atoms with E-state index >= 15 is 0 Å². The lowest BCUT2D eigenvalue weighted by atomic mass is 10.1. The van der Waals surface area contributed by atoms with Crippen molar-refractivity contribution in [2.75, 3.05) is 18.4 Å². The maximum absolute atomic E-state index is 14.1. The third-order valence-electron chi connectivity index (χ3n) is 5.84. The molecule has 0 saturated carbocycles. The molecule has 0 radical (unpaired) electrons. The highest BCUT2D eigenvalue weighted by molar-refractivity contribution is 5.90. The van der Waals surface area contributed by atoms with Crippen LogP contribution in [0.3, 0.4) is 0 Å². The number of fused-ring (bicyclic) bond motifs is 1. The van der Waals surface area contributed by atoms with Crippen molar-refractivity contribution >= 4 is 22.5 Å². The van der Waals surface area contributed by atoms with Crippen molar-refractivity contribution in [1.29, 1.82) is 0 Å². The lowest BCUT2D eigenvalue weighted by molar-refractivity contribution is -0.170. The lowest BCUT2D eigenvalue weighted by Gasteiger charge is -2.15. The Balaban J connectivity index is 0.000000320. The third kappa shape index (κ3) is 7.83. The van der Waals surface area contributed by atoms with Crippen molar-refractivity contribution in [3.63, 3.8) is 0 Å². The van der Waals surface area contributed by atoms with Gasteiger partial charge in [0.2, 0.25) is 11.5 Å². The minimum Gasteiger partial charge on any atom is -0.364 e. The zero-order chi connectivity index (χ0) is 29.5. The van der Waals surface area contributed by atoms with Crippen molar-refractivity contribution in [2.45, 2.75) is 46.3 Å². The summed E-state index contributed by atoms with van der Waals surface area (Å²) in [5, 5.41) is 7.34. The molecule has 39 heavy (non-hydrogen) atoms. The topological polar surface area (TPSA) is 100 Å². The number of amides is 1. The summed E-state index contributed by atoms with van der Waals surface area (Å²) in [5.74, 6) is -2.37. The van der Waals surface area contributed by atoms with E-state index in [0.29, 0.717) is 5.39 Å². The molecule has 14 heteroatoms. The van der Waals surface area contributed by atoms with Crippen LogP contribution in [-0.2, 0) is 18.4 Å². The predicted octanol–water partition coefficient (Wildman–Crippen LogP) is 4.75. The monoisotopic (exact) mass is 561 g/mol. The largest absolute Gasteiger partial charge is 0.393 e. The predicted molar refractivity (Wildman–Crippen MR) is 134 cm³/mol. The average Bonchev–Trinajstić information content (AvgIpc) is 3.39. The Labute approximate surface area is 219 Å². The van der Waals surface area contributed by atoms with Gasteiger partial charge in [-0.25, -0.2) is 17.9 Å². The smallest absolute Gasteiger partial charge is 0.364 e. The summed E-state index contributed by atoms with van der Waals surface area (Å²) in [7, 11) is 1.41. The number of nitrogens with one attached hydrogen (secondary N) is 2. The highest BCUT2D eigenvalue weighted by atomic mass is 19.4. The fourth-order valence-corrected chi connectivity index (χ4v) is 3.80. The van der Waals surface area contributed by atoms with Gasteiger partial charge in [-0.15, -0.1) is 0 Å². The van der Waals surface area contributed by atoms with Gasteiger partial charge >= 0.3 is 6.18 Å². The normalized spacial score (nSPS) is 14.9. The van der Waals surface area contributed by atoms with E-state index in [2.05, 4.69) is 15.4 Å². The number of H-pyrrole nitrogens is 1. The molecule has 1 saturated heterocycles. The molecular formula is C25H29F6N5O3. The molecule has 1 amide bonds. The highest BCUT2D eigenvalue weighted by Crippen LogP contribution is 2.33. The number of aromatic nitrogens is 3. The van der Waals surface area contributed by atoms with Crippen LogP contribution in [0.5, 0.6) is 0 Å². The fraction of sp³-hybridized carbons (Fsp3) is 0.440. The van der Waals surface area contributed by atoms with Gasteiger partial charge in [0, 0.05) is 56.8 Å². The van der Waals surface area contributed by atoms with E-state index in [4.69, 9.17) is 0 Å². The Morgan fingerprint density at radius 2 is 1.87 bits per heavy atom. The molecule has 8 nitrogen and oxygen atoms in total. The summed E-state index contributed by atoms with van der Waals surface area (Å²) in [5.41, 5.74) is -1.55. The van der Waals surface area contributed by atoms with E-state index < -0.39 is 41.0 Å². The van der Waals surface area contributed by atoms with E-state index in [1.165, 1.54) is 37.2 Å². The number of carbonyl (C=O) groups excluding carboxylic acids is 1. The van der Waals surface area contributed by atoms with Gasteiger partial charge in [-0.3, -0.25) is 14.4 Å². The molecule has 1 unspecified atom stereocenters. The number of pyridine rings is 1. The number of anilines is 1. The van der Waals surface area contributed by atoms with Crippen LogP contribution in [0.2, 0.25) is 0 Å². The molecule has 1 aliphatic heterocycles. The molecule has 214 valence electrons. The molecule has 2 aromatic heterocycles. The number of nitrogens with zero attached hydrogens (tertiary/aromatic N) is 3. The fourth-order valence-electron chi connectivity index (χ4n) is 3.80. The first-order valence-electron chi connectivity index (χ1n) is 12.0. The Morgan fingerprint density at radius 1 is 1.21 bits per heavy atom. The van der Waals surface area contributed by atoms with Crippen molar-refractivity contribution in [3.8, 4) is 0 Å². The minimum absolute atomic E-state index is 0.0334. The van der Waals surface area contributed by atoms with Crippen LogP contribution in [0.1, 0.15) is 44.7 Å². The second kappa shape index (κ2) is 13.3. The number of aromatic amines is 1. The molecule has 0 aliphatic carbocycles. The Kier molecular flexibility index (Phi) is 10.7. The molecule has 3 heterocycles. The van der Waals surface area contributed by atoms with E-state index in [9.17, 15) is 40.7 Å². The molecule has 0 spiro atoms. The van der Waals surface area contributed by atoms with Gasteiger partial charge in [-0.1, -0.05) is 32.0 Å². The van der Waals surface area contributed by atoms with Crippen molar-refractivity contribution in [1.82, 2.24) is 19.7 Å². The number of likely N-dealkylation sites (tertiary alicyclic amines) is 1. The number of aryl methyl sites for hydroxylation is 1. The standard InChI is InChI=1S/C16H13F3N4O2.C7H10F3NO.C2H6/c1-23-16(25)10-5-12(24)20-7-11(10)15(22-23)21-6-8-3-2-4-9(13(8)17)14(18)19;1-5(12)11-3-2-6(4-11)7(8,9)10;1-2/h2-5,7,14H,6H2,1H3,(H,20,24)(H,21,22);6H,2-4H2,1H3;1-2H3. The summed E-state index contributed by atoms with van der Waals surface area (Å²) in [6.45, 7) is 5.24. The Hall–Kier alpha value is -3.84. The second-order valence-corrected chi connectivity index (χ2v) is 8.37. The molecule has 4 rings (SSSR count).